The summed E-state index contributed by atoms with van der Waals surface area (Å²) in [5.74, 6) is 0.0782. The van der Waals surface area contributed by atoms with Crippen LogP contribution in [0.4, 0.5) is 0 Å². The first kappa shape index (κ1) is 15.0. The molecule has 0 aliphatic carbocycles. The van der Waals surface area contributed by atoms with Crippen LogP contribution in [0.3, 0.4) is 0 Å². The summed E-state index contributed by atoms with van der Waals surface area (Å²) in [6, 6.07) is 25.7. The van der Waals surface area contributed by atoms with Crippen LogP contribution in [0.1, 0.15) is 33.1 Å². The Morgan fingerprint density at radius 2 is 1.50 bits per heavy atom. The number of carbonyl (C=O) groups excluding carboxylic acids is 1. The smallest absolute Gasteiger partial charge is 0.255 e. The second kappa shape index (κ2) is 6.14. The minimum atomic E-state index is -0.0504. The molecule has 3 heteroatoms. The van der Waals surface area contributed by atoms with Gasteiger partial charge in [0.1, 0.15) is 0 Å². The maximum Gasteiger partial charge on any atom is 0.255 e. The number of fused-ring (bicyclic) bond motifs is 1. The number of nitrogens with zero attached hydrogens (tertiary/aromatic N) is 1. The highest BCUT2D eigenvalue weighted by molar-refractivity contribution is 6.30. The van der Waals surface area contributed by atoms with Crippen molar-refractivity contribution in [3.63, 3.8) is 0 Å². The van der Waals surface area contributed by atoms with Gasteiger partial charge < -0.3 is 4.90 Å². The number of hydrogen-bond donors (Lipinski definition) is 0. The molecule has 0 N–H and O–H groups in total. The number of halogens is 1. The van der Waals surface area contributed by atoms with Crippen molar-refractivity contribution in [3.05, 3.63) is 106 Å². The van der Waals surface area contributed by atoms with Crippen molar-refractivity contribution >= 4 is 17.5 Å². The van der Waals surface area contributed by atoms with Gasteiger partial charge in [0, 0.05) is 17.1 Å². The van der Waals surface area contributed by atoms with E-state index in [0.29, 0.717) is 11.6 Å². The average Bonchev–Trinajstić information content (AvgIpc) is 2.90. The zero-order chi connectivity index (χ0) is 16.5. The van der Waals surface area contributed by atoms with E-state index in [9.17, 15) is 4.79 Å². The molecule has 118 valence electrons. The Morgan fingerprint density at radius 1 is 0.833 bits per heavy atom. The van der Waals surface area contributed by atoms with E-state index in [0.717, 1.165) is 22.3 Å². The van der Waals surface area contributed by atoms with E-state index in [4.69, 9.17) is 11.6 Å². The molecule has 3 aromatic carbocycles. The topological polar surface area (TPSA) is 20.3 Å². The molecule has 24 heavy (non-hydrogen) atoms. The highest BCUT2D eigenvalue weighted by Gasteiger charge is 2.37. The third-order valence-corrected chi connectivity index (χ3v) is 4.69. The van der Waals surface area contributed by atoms with Gasteiger partial charge in [0.25, 0.3) is 5.91 Å². The van der Waals surface area contributed by atoms with E-state index in [2.05, 4.69) is 12.1 Å². The van der Waals surface area contributed by atoms with E-state index in [1.54, 1.807) is 0 Å². The molecule has 0 radical (unpaired) electrons. The lowest BCUT2D eigenvalue weighted by molar-refractivity contribution is 0.0736. The Labute approximate surface area is 146 Å². The van der Waals surface area contributed by atoms with Crippen molar-refractivity contribution in [2.24, 2.45) is 0 Å². The lowest BCUT2D eigenvalue weighted by Gasteiger charge is -2.26. The van der Waals surface area contributed by atoms with Crippen LogP contribution in [0.2, 0.25) is 5.02 Å². The van der Waals surface area contributed by atoms with Crippen molar-refractivity contribution in [3.8, 4) is 0 Å². The molecule has 0 bridgehead atoms. The first-order valence-corrected chi connectivity index (χ1v) is 8.31. The third-order valence-electron chi connectivity index (χ3n) is 4.44. The fourth-order valence-electron chi connectivity index (χ4n) is 3.31. The van der Waals surface area contributed by atoms with Gasteiger partial charge in [0.05, 0.1) is 6.04 Å². The maximum atomic E-state index is 13.0. The summed E-state index contributed by atoms with van der Waals surface area (Å²) < 4.78 is 0. The summed E-state index contributed by atoms with van der Waals surface area (Å²) in [6.45, 7) is 0.560. The minimum Gasteiger partial charge on any atom is -0.323 e. The molecule has 1 unspecified atom stereocenters. The number of hydrogen-bond acceptors (Lipinski definition) is 1. The van der Waals surface area contributed by atoms with Crippen molar-refractivity contribution < 1.29 is 4.79 Å². The van der Waals surface area contributed by atoms with Gasteiger partial charge in [0.15, 0.2) is 0 Å². The van der Waals surface area contributed by atoms with Crippen molar-refractivity contribution in [2.75, 3.05) is 0 Å². The summed E-state index contributed by atoms with van der Waals surface area (Å²) in [6.07, 6.45) is 0. The zero-order valence-electron chi connectivity index (χ0n) is 13.0. The van der Waals surface area contributed by atoms with Crippen molar-refractivity contribution in [1.29, 1.82) is 0 Å². The molecular formula is C21H16ClNO. The van der Waals surface area contributed by atoms with Gasteiger partial charge in [-0.3, -0.25) is 4.79 Å². The largest absolute Gasteiger partial charge is 0.323 e. The van der Waals surface area contributed by atoms with Crippen LogP contribution < -0.4 is 0 Å². The van der Waals surface area contributed by atoms with Crippen LogP contribution in [-0.2, 0) is 6.54 Å². The SMILES string of the molecule is O=C1c2ccccc2C(c2ccccc2)N1Cc1ccc(Cl)cc1. The molecule has 0 spiro atoms. The Morgan fingerprint density at radius 3 is 2.25 bits per heavy atom. The van der Waals surface area contributed by atoms with E-state index >= 15 is 0 Å². The van der Waals surface area contributed by atoms with E-state index < -0.39 is 0 Å². The van der Waals surface area contributed by atoms with Gasteiger partial charge in [-0.2, -0.15) is 0 Å². The van der Waals surface area contributed by atoms with Gasteiger partial charge in [0.2, 0.25) is 0 Å². The highest BCUT2D eigenvalue weighted by atomic mass is 35.5. The van der Waals surface area contributed by atoms with Gasteiger partial charge in [-0.05, 0) is 34.9 Å². The molecule has 1 aliphatic heterocycles. The Hall–Kier alpha value is -2.58. The molecule has 4 rings (SSSR count). The molecule has 0 saturated heterocycles. The standard InChI is InChI=1S/C21H16ClNO/c22-17-12-10-15(11-13-17)14-23-20(16-6-2-1-3-7-16)18-8-4-5-9-19(18)21(23)24/h1-13,20H,14H2. The fraction of sp³-hybridized carbons (Fsp3) is 0.0952. The number of rotatable bonds is 3. The number of benzene rings is 3. The van der Waals surface area contributed by atoms with E-state index in [-0.39, 0.29) is 11.9 Å². The predicted molar refractivity (Wildman–Crippen MR) is 96.1 cm³/mol. The first-order valence-electron chi connectivity index (χ1n) is 7.93. The van der Waals surface area contributed by atoms with Crippen molar-refractivity contribution in [1.82, 2.24) is 4.90 Å². The normalized spacial score (nSPS) is 16.3. The van der Waals surface area contributed by atoms with Crippen LogP contribution in [0, 0.1) is 0 Å². The van der Waals surface area contributed by atoms with Crippen LogP contribution >= 0.6 is 11.6 Å². The fourth-order valence-corrected chi connectivity index (χ4v) is 3.44. The molecule has 0 saturated carbocycles. The Bertz CT molecular complexity index is 874. The van der Waals surface area contributed by atoms with E-state index in [1.807, 2.05) is 71.6 Å². The summed E-state index contributed by atoms with van der Waals surface area (Å²) in [4.78, 5) is 14.9. The summed E-state index contributed by atoms with van der Waals surface area (Å²) in [7, 11) is 0. The summed E-state index contributed by atoms with van der Waals surface area (Å²) >= 11 is 5.97. The van der Waals surface area contributed by atoms with Crippen LogP contribution in [0.5, 0.6) is 0 Å². The average molecular weight is 334 g/mol. The van der Waals surface area contributed by atoms with Gasteiger partial charge in [-0.25, -0.2) is 0 Å². The second-order valence-electron chi connectivity index (χ2n) is 5.96. The molecule has 1 heterocycles. The molecule has 1 amide bonds. The zero-order valence-corrected chi connectivity index (χ0v) is 13.8. The van der Waals surface area contributed by atoms with E-state index in [1.165, 1.54) is 0 Å². The molecule has 3 aromatic rings. The molecule has 1 atom stereocenters. The van der Waals surface area contributed by atoms with Crippen LogP contribution in [0.25, 0.3) is 0 Å². The van der Waals surface area contributed by atoms with Gasteiger partial charge in [-0.1, -0.05) is 72.3 Å². The Balaban J connectivity index is 1.77. The Kier molecular flexibility index (Phi) is 3.83. The highest BCUT2D eigenvalue weighted by Crippen LogP contribution is 2.39. The first-order chi connectivity index (χ1) is 11.7. The lowest BCUT2D eigenvalue weighted by Crippen LogP contribution is -2.28. The van der Waals surface area contributed by atoms with Crippen LogP contribution in [-0.4, -0.2) is 10.8 Å². The number of carbonyl (C=O) groups is 1. The monoisotopic (exact) mass is 333 g/mol. The quantitative estimate of drug-likeness (QED) is 0.654. The van der Waals surface area contributed by atoms with Crippen molar-refractivity contribution in [2.45, 2.75) is 12.6 Å². The molecular weight excluding hydrogens is 318 g/mol. The maximum absolute atomic E-state index is 13.0. The summed E-state index contributed by atoms with van der Waals surface area (Å²) in [5, 5.41) is 0.703. The number of amides is 1. The predicted octanol–water partition coefficient (Wildman–Crippen LogP) is 5.09. The van der Waals surface area contributed by atoms with Gasteiger partial charge >= 0.3 is 0 Å². The lowest BCUT2D eigenvalue weighted by atomic mass is 9.98. The second-order valence-corrected chi connectivity index (χ2v) is 6.40. The summed E-state index contributed by atoms with van der Waals surface area (Å²) in [5.41, 5.74) is 4.06. The molecule has 2 nitrogen and oxygen atoms in total. The molecule has 0 aromatic heterocycles. The molecule has 0 fully saturated rings. The minimum absolute atomic E-state index is 0.0504. The molecule has 1 aliphatic rings. The third kappa shape index (κ3) is 2.59. The van der Waals surface area contributed by atoms with Crippen LogP contribution in [0.15, 0.2) is 78.9 Å². The van der Waals surface area contributed by atoms with Gasteiger partial charge in [-0.15, -0.1) is 0 Å².